The summed E-state index contributed by atoms with van der Waals surface area (Å²) in [6.07, 6.45) is 7.67. The normalized spacial score (nSPS) is 22.8. The van der Waals surface area contributed by atoms with Gasteiger partial charge in [-0.25, -0.2) is 13.6 Å². The van der Waals surface area contributed by atoms with Crippen LogP contribution in [0, 0.1) is 23.5 Å². The Morgan fingerprint density at radius 3 is 2.02 bits per heavy atom. The van der Waals surface area contributed by atoms with Crippen LogP contribution in [0.15, 0.2) is 48.8 Å². The second-order valence-electron chi connectivity index (χ2n) is 12.7. The zero-order chi connectivity index (χ0) is 29.3. The first-order chi connectivity index (χ1) is 19.5. The number of carbonyl (C=O) groups is 1. The maximum Gasteiger partial charge on any atom is 0.410 e. The molecule has 2 aromatic carbocycles. The number of hydrogen-bond donors (Lipinski definition) is 3. The summed E-state index contributed by atoms with van der Waals surface area (Å²) in [4.78, 5) is 20.6. The van der Waals surface area contributed by atoms with E-state index in [1.165, 1.54) is 30.2 Å². The van der Waals surface area contributed by atoms with Gasteiger partial charge in [0.1, 0.15) is 17.2 Å². The van der Waals surface area contributed by atoms with Gasteiger partial charge in [-0.3, -0.25) is 0 Å². The van der Waals surface area contributed by atoms with Gasteiger partial charge in [-0.2, -0.15) is 0 Å². The number of benzene rings is 2. The second kappa shape index (κ2) is 11.8. The Labute approximate surface area is 240 Å². The minimum atomic E-state index is -0.494. The summed E-state index contributed by atoms with van der Waals surface area (Å²) >= 11 is 0. The number of rotatable bonds is 4. The molecule has 6 nitrogen and oxygen atoms in total. The van der Waals surface area contributed by atoms with Crippen LogP contribution in [0.2, 0.25) is 0 Å². The van der Waals surface area contributed by atoms with Crippen LogP contribution < -0.4 is 5.32 Å². The molecule has 0 aliphatic carbocycles. The van der Waals surface area contributed by atoms with Crippen molar-refractivity contribution in [1.29, 1.82) is 0 Å². The molecule has 4 heterocycles. The van der Waals surface area contributed by atoms with Crippen LogP contribution in [-0.2, 0) is 17.6 Å². The molecule has 8 heteroatoms. The van der Waals surface area contributed by atoms with E-state index in [1.54, 1.807) is 12.1 Å². The molecule has 4 aromatic rings. The predicted octanol–water partition coefficient (Wildman–Crippen LogP) is 7.34. The third-order valence-electron chi connectivity index (χ3n) is 8.53. The summed E-state index contributed by atoms with van der Waals surface area (Å²) in [6, 6.07) is 10.4. The standard InChI is InChI=1S/C19H25FN2O2.C14H17FN2/c1-12-7-8-22(18(23)24-19(2,3)4)17(12)9-13-11-21-16-10-14(20)5-6-15(13)16;1-9-4-5-16-13(9)6-10-8-17-14-7-11(15)2-3-12(10)14/h5-6,10-12,17,21H,7-9H2,1-4H3;2-3,7-9,13,16-17H,4-6H2,1H3/t12-,17+;9-,13+/m00/s1. The molecule has 0 saturated carbocycles. The van der Waals surface area contributed by atoms with Gasteiger partial charge in [0.2, 0.25) is 0 Å². The first kappa shape index (κ1) is 29.1. The topological polar surface area (TPSA) is 73.2 Å². The van der Waals surface area contributed by atoms with Crippen LogP contribution in [0.1, 0.15) is 58.6 Å². The Morgan fingerprint density at radius 1 is 0.902 bits per heavy atom. The molecule has 6 rings (SSSR count). The van der Waals surface area contributed by atoms with Crippen molar-refractivity contribution in [2.24, 2.45) is 11.8 Å². The highest BCUT2D eigenvalue weighted by atomic mass is 19.1. The minimum Gasteiger partial charge on any atom is -0.444 e. The van der Waals surface area contributed by atoms with Gasteiger partial charge in [0.15, 0.2) is 0 Å². The highest BCUT2D eigenvalue weighted by Gasteiger charge is 2.37. The maximum atomic E-state index is 13.3. The number of aromatic amines is 2. The number of nitrogens with zero attached hydrogens (tertiary/aromatic N) is 1. The number of halogens is 2. The Morgan fingerprint density at radius 2 is 1.49 bits per heavy atom. The van der Waals surface area contributed by atoms with Gasteiger partial charge in [-0.15, -0.1) is 0 Å². The molecule has 4 atom stereocenters. The van der Waals surface area contributed by atoms with Gasteiger partial charge in [-0.1, -0.05) is 13.8 Å². The lowest BCUT2D eigenvalue weighted by Gasteiger charge is -2.30. The van der Waals surface area contributed by atoms with Crippen LogP contribution in [0.4, 0.5) is 13.6 Å². The Balaban J connectivity index is 0.000000174. The Bertz CT molecular complexity index is 1500. The van der Waals surface area contributed by atoms with Crippen molar-refractivity contribution < 1.29 is 18.3 Å². The van der Waals surface area contributed by atoms with Crippen molar-refractivity contribution in [3.8, 4) is 0 Å². The maximum absolute atomic E-state index is 13.3. The number of ether oxygens (including phenoxy) is 1. The van der Waals surface area contributed by atoms with Gasteiger partial charge in [0.25, 0.3) is 0 Å². The molecular formula is C33H42F2N4O2. The van der Waals surface area contributed by atoms with Gasteiger partial charge >= 0.3 is 6.09 Å². The number of amides is 1. The van der Waals surface area contributed by atoms with Crippen LogP contribution >= 0.6 is 0 Å². The van der Waals surface area contributed by atoms with Crippen molar-refractivity contribution in [2.45, 2.75) is 78.0 Å². The van der Waals surface area contributed by atoms with E-state index < -0.39 is 5.60 Å². The van der Waals surface area contributed by atoms with Gasteiger partial charge in [0.05, 0.1) is 0 Å². The average Bonchev–Trinajstić information content (AvgIpc) is 3.68. The summed E-state index contributed by atoms with van der Waals surface area (Å²) < 4.78 is 32.0. The van der Waals surface area contributed by atoms with E-state index >= 15 is 0 Å². The van der Waals surface area contributed by atoms with E-state index in [2.05, 4.69) is 29.1 Å². The molecule has 1 amide bonds. The van der Waals surface area contributed by atoms with Crippen molar-refractivity contribution >= 4 is 27.9 Å². The van der Waals surface area contributed by atoms with Crippen molar-refractivity contribution in [3.63, 3.8) is 0 Å². The van der Waals surface area contributed by atoms with Crippen molar-refractivity contribution in [1.82, 2.24) is 20.2 Å². The third-order valence-corrected chi connectivity index (χ3v) is 8.53. The zero-order valence-electron chi connectivity index (χ0n) is 24.7. The fourth-order valence-electron chi connectivity index (χ4n) is 6.16. The van der Waals surface area contributed by atoms with E-state index in [0.717, 1.165) is 65.6 Å². The summed E-state index contributed by atoms with van der Waals surface area (Å²) in [6.45, 7) is 11.9. The van der Waals surface area contributed by atoms with Crippen LogP contribution in [-0.4, -0.2) is 51.7 Å². The highest BCUT2D eigenvalue weighted by Crippen LogP contribution is 2.31. The molecular weight excluding hydrogens is 522 g/mol. The van der Waals surface area contributed by atoms with E-state index in [1.807, 2.05) is 44.1 Å². The lowest BCUT2D eigenvalue weighted by Crippen LogP contribution is -2.42. The molecule has 2 aliphatic heterocycles. The average molecular weight is 565 g/mol. The minimum absolute atomic E-state index is 0.101. The predicted molar refractivity (Wildman–Crippen MR) is 160 cm³/mol. The molecule has 0 spiro atoms. The molecule has 2 aliphatic rings. The molecule has 0 radical (unpaired) electrons. The van der Waals surface area contributed by atoms with Crippen LogP contribution in [0.5, 0.6) is 0 Å². The molecule has 0 bridgehead atoms. The number of fused-ring (bicyclic) bond motifs is 2. The monoisotopic (exact) mass is 564 g/mol. The van der Waals surface area contributed by atoms with Gasteiger partial charge in [-0.05, 0) is 112 Å². The van der Waals surface area contributed by atoms with E-state index in [0.29, 0.717) is 12.0 Å². The SMILES string of the molecule is C[C@H]1CCN(C(=O)OC(C)(C)C)[C@@H]1Cc1c[nH]c2cc(F)ccc12.C[C@H]1CCN[C@@H]1Cc1c[nH]c2cc(F)ccc12. The zero-order valence-corrected chi connectivity index (χ0v) is 24.7. The van der Waals surface area contributed by atoms with E-state index in [9.17, 15) is 13.6 Å². The van der Waals surface area contributed by atoms with Crippen LogP contribution in [0.25, 0.3) is 21.8 Å². The first-order valence-electron chi connectivity index (χ1n) is 14.7. The first-order valence-corrected chi connectivity index (χ1v) is 14.7. The lowest BCUT2D eigenvalue weighted by atomic mass is 9.95. The number of aromatic nitrogens is 2. The molecule has 220 valence electrons. The Kier molecular flexibility index (Phi) is 8.41. The molecule has 41 heavy (non-hydrogen) atoms. The number of hydrogen-bond acceptors (Lipinski definition) is 3. The number of nitrogens with one attached hydrogen (secondary N) is 3. The molecule has 2 fully saturated rings. The quantitative estimate of drug-likeness (QED) is 0.243. The lowest BCUT2D eigenvalue weighted by molar-refractivity contribution is 0.0211. The fraction of sp³-hybridized carbons (Fsp3) is 0.485. The van der Waals surface area contributed by atoms with Crippen molar-refractivity contribution in [2.75, 3.05) is 13.1 Å². The Hall–Kier alpha value is -3.39. The number of H-pyrrole nitrogens is 2. The third kappa shape index (κ3) is 6.75. The summed E-state index contributed by atoms with van der Waals surface area (Å²) in [7, 11) is 0. The molecule has 3 N–H and O–H groups in total. The summed E-state index contributed by atoms with van der Waals surface area (Å²) in [5.41, 5.74) is 3.58. The molecule has 2 aromatic heterocycles. The fourth-order valence-corrected chi connectivity index (χ4v) is 6.16. The number of carbonyl (C=O) groups excluding carboxylic acids is 1. The largest absolute Gasteiger partial charge is 0.444 e. The van der Waals surface area contributed by atoms with E-state index in [-0.39, 0.29) is 23.8 Å². The van der Waals surface area contributed by atoms with Crippen LogP contribution in [0.3, 0.4) is 0 Å². The van der Waals surface area contributed by atoms with Crippen molar-refractivity contribution in [3.05, 3.63) is 71.6 Å². The highest BCUT2D eigenvalue weighted by molar-refractivity contribution is 5.84. The summed E-state index contributed by atoms with van der Waals surface area (Å²) in [5.74, 6) is 0.696. The molecule has 2 saturated heterocycles. The van der Waals surface area contributed by atoms with Gasteiger partial charge in [0, 0.05) is 52.8 Å². The molecule has 0 unspecified atom stereocenters. The second-order valence-corrected chi connectivity index (χ2v) is 12.7. The number of likely N-dealkylation sites (tertiary alicyclic amines) is 1. The van der Waals surface area contributed by atoms with E-state index in [4.69, 9.17) is 4.74 Å². The van der Waals surface area contributed by atoms with Gasteiger partial charge < -0.3 is 24.9 Å². The smallest absolute Gasteiger partial charge is 0.410 e. The summed E-state index contributed by atoms with van der Waals surface area (Å²) in [5, 5.41) is 5.69.